The number of fused-ring (bicyclic) bond motifs is 1. The fraction of sp³-hybridized carbons (Fsp3) is 0.471. The van der Waals surface area contributed by atoms with Crippen molar-refractivity contribution < 1.29 is 9.59 Å². The molecule has 1 fully saturated rings. The first-order valence-electron chi connectivity index (χ1n) is 14.6. The second-order valence-electron chi connectivity index (χ2n) is 8.37. The van der Waals surface area contributed by atoms with Crippen LogP contribution in [0.5, 0.6) is 0 Å². The molecule has 2 aliphatic heterocycles. The maximum absolute atomic E-state index is 12.8. The van der Waals surface area contributed by atoms with Crippen LogP contribution in [-0.2, 0) is 24.4 Å². The Kier molecular flexibility index (Phi) is 17.4. The van der Waals surface area contributed by atoms with Gasteiger partial charge in [-0.1, -0.05) is 131 Å². The quantitative estimate of drug-likeness (QED) is 0.357. The summed E-state index contributed by atoms with van der Waals surface area (Å²) >= 11 is 0. The number of amides is 2. The molecule has 0 N–H and O–H groups in total. The molecule has 4 nitrogen and oxygen atoms in total. The average Bonchev–Trinajstić information content (AvgIpc) is 3.43. The first kappa shape index (κ1) is 34.9. The Labute approximate surface area is 233 Å². The first-order chi connectivity index (χ1) is 18.5. The number of hydrogen-bond donors (Lipinski definition) is 0. The van der Waals surface area contributed by atoms with Gasteiger partial charge in [-0.25, -0.2) is 0 Å². The molecule has 0 saturated carbocycles. The lowest BCUT2D eigenvalue weighted by Gasteiger charge is -2.18. The molecule has 0 spiro atoms. The lowest BCUT2D eigenvalue weighted by atomic mass is 10.0. The average molecular weight is 521 g/mol. The normalized spacial score (nSPS) is 15.2. The molecule has 38 heavy (non-hydrogen) atoms. The summed E-state index contributed by atoms with van der Waals surface area (Å²) in [6.45, 7) is 26.7. The number of allylic oxidation sites excluding steroid dienone is 1. The Bertz CT molecular complexity index is 1040. The number of likely N-dealkylation sites (tertiary alicyclic amines) is 1. The van der Waals surface area contributed by atoms with Crippen molar-refractivity contribution in [2.45, 2.75) is 95.3 Å². The van der Waals surface area contributed by atoms with E-state index in [9.17, 15) is 9.59 Å². The van der Waals surface area contributed by atoms with Crippen LogP contribution in [0.1, 0.15) is 103 Å². The topological polar surface area (TPSA) is 40.6 Å². The van der Waals surface area contributed by atoms with E-state index in [-0.39, 0.29) is 11.8 Å². The molecule has 2 amide bonds. The first-order valence-corrected chi connectivity index (χ1v) is 14.6. The van der Waals surface area contributed by atoms with E-state index in [0.29, 0.717) is 32.1 Å². The summed E-state index contributed by atoms with van der Waals surface area (Å²) < 4.78 is 0. The zero-order valence-electron chi connectivity index (χ0n) is 25.7. The SMILES string of the molecule is C=C1CN(Cc2cccc(CN3Cc4ccccc4C3=O)c2)C(=O)/C1=C/[C@@H](C)CC.CC.CC.CC.CC. The summed E-state index contributed by atoms with van der Waals surface area (Å²) in [7, 11) is 0. The van der Waals surface area contributed by atoms with Crippen LogP contribution in [0.25, 0.3) is 0 Å². The number of carbonyl (C=O) groups is 2. The third-order valence-corrected chi connectivity index (χ3v) is 6.01. The fourth-order valence-corrected chi connectivity index (χ4v) is 4.14. The molecule has 210 valence electrons. The van der Waals surface area contributed by atoms with Crippen molar-refractivity contribution in [3.05, 3.63) is 94.6 Å². The number of rotatable bonds is 6. The molecular formula is C34H52N2O2. The third-order valence-electron chi connectivity index (χ3n) is 6.01. The van der Waals surface area contributed by atoms with E-state index in [0.717, 1.165) is 39.8 Å². The minimum absolute atomic E-state index is 0.0656. The van der Waals surface area contributed by atoms with E-state index < -0.39 is 0 Å². The fourth-order valence-electron chi connectivity index (χ4n) is 4.14. The molecule has 0 unspecified atom stereocenters. The summed E-state index contributed by atoms with van der Waals surface area (Å²) in [5, 5.41) is 0. The molecule has 2 aromatic rings. The van der Waals surface area contributed by atoms with E-state index >= 15 is 0 Å². The van der Waals surface area contributed by atoms with Crippen LogP contribution in [0.4, 0.5) is 0 Å². The van der Waals surface area contributed by atoms with Crippen LogP contribution >= 0.6 is 0 Å². The van der Waals surface area contributed by atoms with Crippen LogP contribution < -0.4 is 0 Å². The van der Waals surface area contributed by atoms with Crippen LogP contribution in [0.15, 0.2) is 72.3 Å². The van der Waals surface area contributed by atoms with Gasteiger partial charge in [-0.05, 0) is 34.2 Å². The Morgan fingerprint density at radius 1 is 0.789 bits per heavy atom. The monoisotopic (exact) mass is 520 g/mol. The predicted molar refractivity (Wildman–Crippen MR) is 164 cm³/mol. The number of hydrogen-bond acceptors (Lipinski definition) is 2. The largest absolute Gasteiger partial charge is 0.330 e. The molecule has 0 radical (unpaired) electrons. The van der Waals surface area contributed by atoms with E-state index in [1.54, 1.807) is 0 Å². The third kappa shape index (κ3) is 9.31. The van der Waals surface area contributed by atoms with Gasteiger partial charge in [-0.15, -0.1) is 0 Å². The molecular weight excluding hydrogens is 468 g/mol. The number of nitrogens with zero attached hydrogens (tertiary/aromatic N) is 2. The molecule has 0 aliphatic carbocycles. The Morgan fingerprint density at radius 2 is 1.32 bits per heavy atom. The van der Waals surface area contributed by atoms with Gasteiger partial charge < -0.3 is 9.80 Å². The predicted octanol–water partition coefficient (Wildman–Crippen LogP) is 8.82. The van der Waals surface area contributed by atoms with Gasteiger partial charge in [0.05, 0.1) is 0 Å². The van der Waals surface area contributed by atoms with Gasteiger partial charge in [0, 0.05) is 37.3 Å². The molecule has 0 aromatic heterocycles. The minimum atomic E-state index is 0.0656. The standard InChI is InChI=1S/C26H28N2O2.4C2H6/c1-4-18(2)12-24-19(3)14-27(26(24)30)15-20-8-7-9-21(13-20)16-28-17-22-10-5-6-11-23(22)25(28)29;4*1-2/h5-13,18H,3-4,14-17H2,1-2H3;4*1-2H3/b24-12+;;;;/t18-;;;;/m0..../s1. The van der Waals surface area contributed by atoms with Gasteiger partial charge >= 0.3 is 0 Å². The molecule has 4 heteroatoms. The second-order valence-corrected chi connectivity index (χ2v) is 8.37. The highest BCUT2D eigenvalue weighted by Crippen LogP contribution is 2.27. The Balaban J connectivity index is 0.00000157. The highest BCUT2D eigenvalue weighted by atomic mass is 16.2. The van der Waals surface area contributed by atoms with Crippen LogP contribution in [0, 0.1) is 5.92 Å². The summed E-state index contributed by atoms with van der Waals surface area (Å²) in [4.78, 5) is 29.2. The zero-order valence-corrected chi connectivity index (χ0v) is 25.7. The summed E-state index contributed by atoms with van der Waals surface area (Å²) in [5.41, 5.74) is 5.70. The van der Waals surface area contributed by atoms with Gasteiger partial charge in [0.15, 0.2) is 0 Å². The van der Waals surface area contributed by atoms with E-state index in [4.69, 9.17) is 0 Å². The zero-order chi connectivity index (χ0) is 29.3. The van der Waals surface area contributed by atoms with E-state index in [2.05, 4.69) is 32.6 Å². The van der Waals surface area contributed by atoms with Crippen molar-refractivity contribution in [1.82, 2.24) is 9.80 Å². The summed E-state index contributed by atoms with van der Waals surface area (Å²) in [5.74, 6) is 0.517. The van der Waals surface area contributed by atoms with Crippen LogP contribution in [0.2, 0.25) is 0 Å². The van der Waals surface area contributed by atoms with E-state index in [1.165, 1.54) is 0 Å². The Hall–Kier alpha value is -3.14. The molecule has 2 aromatic carbocycles. The number of benzene rings is 2. The van der Waals surface area contributed by atoms with Crippen molar-refractivity contribution in [3.63, 3.8) is 0 Å². The lowest BCUT2D eigenvalue weighted by molar-refractivity contribution is -0.125. The van der Waals surface area contributed by atoms with Crippen molar-refractivity contribution in [3.8, 4) is 0 Å². The van der Waals surface area contributed by atoms with Gasteiger partial charge in [0.1, 0.15) is 0 Å². The van der Waals surface area contributed by atoms with Crippen molar-refractivity contribution in [2.24, 2.45) is 5.92 Å². The van der Waals surface area contributed by atoms with Gasteiger partial charge in [-0.3, -0.25) is 9.59 Å². The Morgan fingerprint density at radius 3 is 1.84 bits per heavy atom. The van der Waals surface area contributed by atoms with Gasteiger partial charge in [-0.2, -0.15) is 0 Å². The highest BCUT2D eigenvalue weighted by Gasteiger charge is 2.30. The molecule has 1 saturated heterocycles. The van der Waals surface area contributed by atoms with Crippen LogP contribution in [0.3, 0.4) is 0 Å². The second kappa shape index (κ2) is 19.0. The molecule has 4 rings (SSSR count). The van der Waals surface area contributed by atoms with Gasteiger partial charge in [0.2, 0.25) is 0 Å². The number of carbonyl (C=O) groups excluding carboxylic acids is 2. The van der Waals surface area contributed by atoms with Crippen LogP contribution in [-0.4, -0.2) is 28.2 Å². The van der Waals surface area contributed by atoms with Crippen molar-refractivity contribution in [2.75, 3.05) is 6.54 Å². The molecule has 2 aliphatic rings. The minimum Gasteiger partial charge on any atom is -0.330 e. The molecule has 1 atom stereocenters. The maximum Gasteiger partial charge on any atom is 0.254 e. The van der Waals surface area contributed by atoms with Crippen molar-refractivity contribution in [1.29, 1.82) is 0 Å². The van der Waals surface area contributed by atoms with E-state index in [1.807, 2.05) is 108 Å². The van der Waals surface area contributed by atoms with Crippen molar-refractivity contribution >= 4 is 11.8 Å². The lowest BCUT2D eigenvalue weighted by Crippen LogP contribution is -2.25. The molecule has 0 bridgehead atoms. The van der Waals surface area contributed by atoms with Gasteiger partial charge in [0.25, 0.3) is 11.8 Å². The molecule has 2 heterocycles. The smallest absolute Gasteiger partial charge is 0.254 e. The summed E-state index contributed by atoms with van der Waals surface area (Å²) in [6.07, 6.45) is 3.06. The summed E-state index contributed by atoms with van der Waals surface area (Å²) in [6, 6.07) is 16.0. The highest BCUT2D eigenvalue weighted by molar-refractivity contribution is 6.01. The maximum atomic E-state index is 12.8.